The van der Waals surface area contributed by atoms with E-state index < -0.39 is 0 Å². The van der Waals surface area contributed by atoms with E-state index in [0.717, 1.165) is 11.1 Å². The fourth-order valence-corrected chi connectivity index (χ4v) is 2.76. The number of benzene rings is 3. The van der Waals surface area contributed by atoms with Crippen molar-refractivity contribution in [2.75, 3.05) is 6.61 Å². The molecule has 0 bridgehead atoms. The Balaban J connectivity index is 1.66. The van der Waals surface area contributed by atoms with E-state index in [2.05, 4.69) is 10.5 Å². The first kappa shape index (κ1) is 20.9. The predicted molar refractivity (Wildman–Crippen MR) is 116 cm³/mol. The second-order valence-electron chi connectivity index (χ2n) is 6.60. The minimum Gasteiger partial charge on any atom is -0.508 e. The van der Waals surface area contributed by atoms with Crippen LogP contribution < -0.4 is 14.9 Å². The molecule has 0 atom stereocenters. The molecule has 0 saturated carbocycles. The van der Waals surface area contributed by atoms with Crippen LogP contribution in [0, 0.1) is 6.92 Å². The zero-order valence-electron chi connectivity index (χ0n) is 17.0. The van der Waals surface area contributed by atoms with Gasteiger partial charge < -0.3 is 14.6 Å². The number of hydrazone groups is 1. The van der Waals surface area contributed by atoms with Crippen molar-refractivity contribution >= 4 is 12.1 Å². The lowest BCUT2D eigenvalue weighted by Gasteiger charge is -2.13. The van der Waals surface area contributed by atoms with Gasteiger partial charge in [-0.3, -0.25) is 4.79 Å². The van der Waals surface area contributed by atoms with Crippen molar-refractivity contribution in [3.05, 3.63) is 89.0 Å². The van der Waals surface area contributed by atoms with Gasteiger partial charge in [0.1, 0.15) is 12.4 Å². The fraction of sp³-hybridized carbons (Fsp3) is 0.167. The van der Waals surface area contributed by atoms with Crippen molar-refractivity contribution in [1.82, 2.24) is 5.43 Å². The molecular formula is C24H24N2O4. The van der Waals surface area contributed by atoms with E-state index in [0.29, 0.717) is 30.3 Å². The van der Waals surface area contributed by atoms with E-state index in [1.165, 1.54) is 36.0 Å². The molecule has 0 spiro atoms. The second kappa shape index (κ2) is 10.1. The van der Waals surface area contributed by atoms with E-state index >= 15 is 0 Å². The zero-order valence-corrected chi connectivity index (χ0v) is 17.0. The summed E-state index contributed by atoms with van der Waals surface area (Å²) in [7, 11) is 0. The van der Waals surface area contributed by atoms with Gasteiger partial charge in [0.25, 0.3) is 5.91 Å². The van der Waals surface area contributed by atoms with Gasteiger partial charge in [-0.05, 0) is 73.0 Å². The van der Waals surface area contributed by atoms with Gasteiger partial charge in [0, 0.05) is 5.56 Å². The maximum absolute atomic E-state index is 12.1. The van der Waals surface area contributed by atoms with Gasteiger partial charge >= 0.3 is 0 Å². The van der Waals surface area contributed by atoms with Crippen LogP contribution in [0.1, 0.15) is 34.0 Å². The molecule has 0 saturated heterocycles. The second-order valence-corrected chi connectivity index (χ2v) is 6.60. The minimum atomic E-state index is -0.366. The SMILES string of the molecule is CCOc1cc(/C=N\NC(=O)c2ccc(O)cc2)ccc1OCc1ccccc1C. The average molecular weight is 404 g/mol. The molecule has 154 valence electrons. The average Bonchev–Trinajstić information content (AvgIpc) is 2.75. The summed E-state index contributed by atoms with van der Waals surface area (Å²) in [6.07, 6.45) is 1.53. The summed E-state index contributed by atoms with van der Waals surface area (Å²) in [6.45, 7) is 4.90. The third-order valence-corrected chi connectivity index (χ3v) is 4.42. The van der Waals surface area contributed by atoms with Crippen LogP contribution in [-0.2, 0) is 6.61 Å². The first-order valence-corrected chi connectivity index (χ1v) is 9.63. The summed E-state index contributed by atoms with van der Waals surface area (Å²) in [4.78, 5) is 12.1. The van der Waals surface area contributed by atoms with Crippen LogP contribution in [0.25, 0.3) is 0 Å². The van der Waals surface area contributed by atoms with Gasteiger partial charge in [-0.25, -0.2) is 5.43 Å². The normalized spacial score (nSPS) is 10.7. The van der Waals surface area contributed by atoms with E-state index in [1.807, 2.05) is 56.3 Å². The monoisotopic (exact) mass is 404 g/mol. The Bertz CT molecular complexity index is 1030. The van der Waals surface area contributed by atoms with E-state index in [4.69, 9.17) is 9.47 Å². The third kappa shape index (κ3) is 5.61. The van der Waals surface area contributed by atoms with E-state index in [9.17, 15) is 9.90 Å². The van der Waals surface area contributed by atoms with Crippen molar-refractivity contribution in [2.45, 2.75) is 20.5 Å². The number of ether oxygens (including phenoxy) is 2. The van der Waals surface area contributed by atoms with Gasteiger partial charge in [-0.2, -0.15) is 5.10 Å². The number of carbonyl (C=O) groups is 1. The number of aryl methyl sites for hydroxylation is 1. The van der Waals surface area contributed by atoms with Crippen LogP contribution in [0.2, 0.25) is 0 Å². The first-order chi connectivity index (χ1) is 14.6. The Morgan fingerprint density at radius 3 is 2.53 bits per heavy atom. The molecule has 0 aromatic heterocycles. The maximum atomic E-state index is 12.1. The molecule has 3 rings (SSSR count). The number of nitrogens with one attached hydrogen (secondary N) is 1. The predicted octanol–water partition coefficient (Wildman–Crippen LogP) is 4.44. The number of carbonyl (C=O) groups excluding carboxylic acids is 1. The summed E-state index contributed by atoms with van der Waals surface area (Å²) >= 11 is 0. The van der Waals surface area contributed by atoms with Crippen LogP contribution in [0.5, 0.6) is 17.2 Å². The molecule has 3 aromatic carbocycles. The lowest BCUT2D eigenvalue weighted by molar-refractivity contribution is 0.0955. The van der Waals surface area contributed by atoms with Crippen LogP contribution in [0.4, 0.5) is 0 Å². The van der Waals surface area contributed by atoms with Crippen molar-refractivity contribution in [3.8, 4) is 17.2 Å². The van der Waals surface area contributed by atoms with Crippen LogP contribution >= 0.6 is 0 Å². The summed E-state index contributed by atoms with van der Waals surface area (Å²) in [5.41, 5.74) is 5.91. The largest absolute Gasteiger partial charge is 0.508 e. The molecule has 0 unspecified atom stereocenters. The number of hydrogen-bond acceptors (Lipinski definition) is 5. The number of aromatic hydroxyl groups is 1. The Morgan fingerprint density at radius 1 is 1.03 bits per heavy atom. The van der Waals surface area contributed by atoms with Crippen LogP contribution in [-0.4, -0.2) is 23.8 Å². The quantitative estimate of drug-likeness (QED) is 0.430. The molecule has 6 nitrogen and oxygen atoms in total. The summed E-state index contributed by atoms with van der Waals surface area (Å²) in [5, 5.41) is 13.3. The summed E-state index contributed by atoms with van der Waals surface area (Å²) < 4.78 is 11.7. The molecule has 0 aliphatic rings. The number of phenolic OH excluding ortho intramolecular Hbond substituents is 1. The zero-order chi connectivity index (χ0) is 21.3. The van der Waals surface area contributed by atoms with Gasteiger partial charge in [-0.1, -0.05) is 24.3 Å². The lowest BCUT2D eigenvalue weighted by atomic mass is 10.1. The third-order valence-electron chi connectivity index (χ3n) is 4.42. The Kier molecular flexibility index (Phi) is 7.05. The Morgan fingerprint density at radius 2 is 1.80 bits per heavy atom. The highest BCUT2D eigenvalue weighted by Gasteiger charge is 2.08. The molecule has 0 fully saturated rings. The molecule has 0 aliphatic heterocycles. The molecule has 2 N–H and O–H groups in total. The van der Waals surface area contributed by atoms with Crippen molar-refractivity contribution < 1.29 is 19.4 Å². The maximum Gasteiger partial charge on any atom is 0.271 e. The summed E-state index contributed by atoms with van der Waals surface area (Å²) in [6, 6.07) is 19.5. The molecule has 1 amide bonds. The Labute approximate surface area is 175 Å². The Hall–Kier alpha value is -3.80. The number of phenols is 1. The number of hydrogen-bond donors (Lipinski definition) is 2. The number of rotatable bonds is 8. The van der Waals surface area contributed by atoms with Crippen molar-refractivity contribution in [3.63, 3.8) is 0 Å². The van der Waals surface area contributed by atoms with Gasteiger partial charge in [0.15, 0.2) is 11.5 Å². The molecule has 3 aromatic rings. The summed E-state index contributed by atoms with van der Waals surface area (Å²) in [5.74, 6) is 0.989. The lowest BCUT2D eigenvalue weighted by Crippen LogP contribution is -2.17. The van der Waals surface area contributed by atoms with Gasteiger partial charge in [0.2, 0.25) is 0 Å². The molecule has 6 heteroatoms. The molecule has 30 heavy (non-hydrogen) atoms. The van der Waals surface area contributed by atoms with E-state index in [-0.39, 0.29) is 11.7 Å². The molecule has 0 aliphatic carbocycles. The highest BCUT2D eigenvalue weighted by molar-refractivity contribution is 5.95. The fourth-order valence-electron chi connectivity index (χ4n) is 2.76. The highest BCUT2D eigenvalue weighted by atomic mass is 16.5. The molecule has 0 heterocycles. The van der Waals surface area contributed by atoms with Crippen molar-refractivity contribution in [2.24, 2.45) is 5.10 Å². The number of amides is 1. The van der Waals surface area contributed by atoms with E-state index in [1.54, 1.807) is 0 Å². The van der Waals surface area contributed by atoms with Crippen LogP contribution in [0.3, 0.4) is 0 Å². The highest BCUT2D eigenvalue weighted by Crippen LogP contribution is 2.29. The van der Waals surface area contributed by atoms with Gasteiger partial charge in [0.05, 0.1) is 12.8 Å². The topological polar surface area (TPSA) is 80.2 Å². The smallest absolute Gasteiger partial charge is 0.271 e. The number of nitrogens with zero attached hydrogens (tertiary/aromatic N) is 1. The van der Waals surface area contributed by atoms with Gasteiger partial charge in [-0.15, -0.1) is 0 Å². The standard InChI is InChI=1S/C24H24N2O4/c1-3-29-23-14-18(15-25-26-24(28)19-9-11-21(27)12-10-19)8-13-22(23)30-16-20-7-5-4-6-17(20)2/h4-15,27H,3,16H2,1-2H3,(H,26,28)/b25-15-. The first-order valence-electron chi connectivity index (χ1n) is 9.63. The van der Waals surface area contributed by atoms with Crippen molar-refractivity contribution in [1.29, 1.82) is 0 Å². The van der Waals surface area contributed by atoms with Crippen LogP contribution in [0.15, 0.2) is 71.8 Å². The molecular weight excluding hydrogens is 380 g/mol. The molecule has 0 radical (unpaired) electrons. The minimum absolute atomic E-state index is 0.100.